The highest BCUT2D eigenvalue weighted by Gasteiger charge is 2.25. The molecule has 4 atom stereocenters. The molecule has 178 valence electrons. The summed E-state index contributed by atoms with van der Waals surface area (Å²) in [6, 6.07) is 4.03. The summed E-state index contributed by atoms with van der Waals surface area (Å²) in [4.78, 5) is 0. The molecule has 7 heteroatoms. The molecule has 0 heterocycles. The highest BCUT2D eigenvalue weighted by Crippen LogP contribution is 2.21. The summed E-state index contributed by atoms with van der Waals surface area (Å²) in [6.45, 7) is 29.2. The highest BCUT2D eigenvalue weighted by molar-refractivity contribution is 8.28. The fourth-order valence-corrected chi connectivity index (χ4v) is 15.2. The van der Waals surface area contributed by atoms with Crippen molar-refractivity contribution in [1.29, 1.82) is 0 Å². The summed E-state index contributed by atoms with van der Waals surface area (Å²) in [6.07, 6.45) is 0. The van der Waals surface area contributed by atoms with E-state index in [0.29, 0.717) is 0 Å². The van der Waals surface area contributed by atoms with E-state index in [1.807, 2.05) is 0 Å². The van der Waals surface area contributed by atoms with Gasteiger partial charge in [-0.25, -0.2) is 0 Å². The smallest absolute Gasteiger partial charge is 0.186 e. The quantitative estimate of drug-likeness (QED) is 0.180. The molecule has 0 rings (SSSR count). The molecule has 0 aromatic carbocycles. The van der Waals surface area contributed by atoms with Crippen molar-refractivity contribution in [2.45, 2.75) is 98.2 Å². The van der Waals surface area contributed by atoms with Gasteiger partial charge in [0.05, 0.1) is 0 Å². The number of alkyl halides is 1. The van der Waals surface area contributed by atoms with Crippen LogP contribution >= 0.6 is 11.6 Å². The van der Waals surface area contributed by atoms with Crippen molar-refractivity contribution in [2.24, 2.45) is 17.8 Å². The van der Waals surface area contributed by atoms with Crippen LogP contribution in [0.1, 0.15) is 27.7 Å². The minimum Gasteiger partial charge on any atom is -0.418 e. The Kier molecular flexibility index (Phi) is 17.3. The second-order valence-corrected chi connectivity index (χ2v) is 30.7. The zero-order valence-electron chi connectivity index (χ0n) is 21.8. The van der Waals surface area contributed by atoms with Gasteiger partial charge in [-0.2, -0.15) is 0 Å². The average Bonchev–Trinajstić information content (AvgIpc) is 2.42. The molecule has 4 unspecified atom stereocenters. The molecule has 0 bridgehead atoms. The number of halogens is 1. The molecule has 0 spiro atoms. The average molecular weight is 518 g/mol. The zero-order valence-corrected chi connectivity index (χ0v) is 27.2. The van der Waals surface area contributed by atoms with Crippen LogP contribution in [-0.4, -0.2) is 48.5 Å². The number of hydrogen-bond acceptors (Lipinski definition) is 2. The first kappa shape index (κ1) is 32.6. The normalized spacial score (nSPS) is 17.1. The molecule has 0 N–H and O–H groups in total. The molecule has 0 saturated carbocycles. The molecule has 0 aliphatic carbocycles. The van der Waals surface area contributed by atoms with Gasteiger partial charge in [0.25, 0.3) is 0 Å². The molecular weight excluding hydrogens is 464 g/mol. The second-order valence-electron chi connectivity index (χ2n) is 12.2. The molecule has 1 nitrogen and oxygen atoms in total. The molecule has 0 aliphatic heterocycles. The lowest BCUT2D eigenvalue weighted by Crippen LogP contribution is -2.34. The van der Waals surface area contributed by atoms with Gasteiger partial charge in [0.2, 0.25) is 0 Å². The Morgan fingerprint density at radius 2 is 1.14 bits per heavy atom. The number of rotatable bonds is 13. The minimum absolute atomic E-state index is 0.169. The Hall–Kier alpha value is 1.47. The first-order valence-corrected chi connectivity index (χ1v) is 25.0. The van der Waals surface area contributed by atoms with Gasteiger partial charge < -0.3 is 4.43 Å². The Bertz CT molecular complexity index is 448. The van der Waals surface area contributed by atoms with Crippen LogP contribution in [0.3, 0.4) is 0 Å². The van der Waals surface area contributed by atoms with Gasteiger partial charge in [0.1, 0.15) is 0 Å². The summed E-state index contributed by atoms with van der Waals surface area (Å²) >= 11 is 11.4. The summed E-state index contributed by atoms with van der Waals surface area (Å²) in [7, 11) is -3.03. The van der Waals surface area contributed by atoms with E-state index in [-0.39, 0.29) is 9.45 Å². The summed E-state index contributed by atoms with van der Waals surface area (Å²) in [5.74, 6) is 5.55. The predicted octanol–water partition coefficient (Wildman–Crippen LogP) is 8.12. The van der Waals surface area contributed by atoms with Crippen LogP contribution in [0.15, 0.2) is 0 Å². The molecule has 0 amide bonds. The maximum absolute atomic E-state index is 5.94. The fourth-order valence-electron chi connectivity index (χ4n) is 4.25. The van der Waals surface area contributed by atoms with E-state index in [2.05, 4.69) is 80.1 Å². The maximum Gasteiger partial charge on any atom is 0.186 e. The third kappa shape index (κ3) is 24.0. The molecule has 29 heavy (non-hydrogen) atoms. The minimum atomic E-state index is -1.45. The van der Waals surface area contributed by atoms with E-state index < -0.39 is 24.5 Å². The molecule has 0 aromatic rings. The first-order chi connectivity index (χ1) is 12.9. The van der Waals surface area contributed by atoms with Crippen molar-refractivity contribution in [1.82, 2.24) is 0 Å². The Morgan fingerprint density at radius 1 is 0.759 bits per heavy atom. The molecule has 0 radical (unpaired) electrons. The summed E-state index contributed by atoms with van der Waals surface area (Å²) in [5.41, 5.74) is 0. The van der Waals surface area contributed by atoms with Crippen LogP contribution in [-0.2, 0) is 25.1 Å². The third-order valence-electron chi connectivity index (χ3n) is 4.50. The van der Waals surface area contributed by atoms with Crippen LogP contribution in [0.2, 0.25) is 70.5 Å². The standard InChI is InChI=1S/C15H36OS2Si2.C7H17ClSi/c1-9-16-20(7,8)13-15(3)11-18(17)10-14(2)12-19(4,5)6;1-7(5-8)6-9(2,3)4/h14-15H,9-13H2,1-8H3;7H,5-6H2,1-4H3. The van der Waals surface area contributed by atoms with Crippen molar-refractivity contribution in [2.75, 3.05) is 24.0 Å². The van der Waals surface area contributed by atoms with Crippen molar-refractivity contribution >= 4 is 56.7 Å². The van der Waals surface area contributed by atoms with Gasteiger partial charge in [0, 0.05) is 40.1 Å². The van der Waals surface area contributed by atoms with Crippen molar-refractivity contribution in [3.8, 4) is 0 Å². The summed E-state index contributed by atoms with van der Waals surface area (Å²) < 4.78 is 5.94. The zero-order chi connectivity index (χ0) is 23.5. The predicted molar refractivity (Wildman–Crippen MR) is 153 cm³/mol. The van der Waals surface area contributed by atoms with Gasteiger partial charge in [-0.15, -0.1) is 21.1 Å². The van der Waals surface area contributed by atoms with Gasteiger partial charge in [0.15, 0.2) is 8.32 Å². The Balaban J connectivity index is 0. The molecule has 0 saturated heterocycles. The lowest BCUT2D eigenvalue weighted by atomic mass is 10.3. The second kappa shape index (κ2) is 15.3. The van der Waals surface area contributed by atoms with Crippen LogP contribution in [0.25, 0.3) is 0 Å². The van der Waals surface area contributed by atoms with E-state index in [0.717, 1.165) is 30.2 Å². The fraction of sp³-hybridized carbons (Fsp3) is 1.00. The molecule has 0 aliphatic rings. The largest absolute Gasteiger partial charge is 0.418 e. The van der Waals surface area contributed by atoms with Gasteiger partial charge in [-0.05, 0) is 43.8 Å². The number of hydrogen-bond donors (Lipinski definition) is 0. The van der Waals surface area contributed by atoms with Crippen molar-refractivity contribution in [3.63, 3.8) is 0 Å². The van der Waals surface area contributed by atoms with Crippen LogP contribution < -0.4 is 0 Å². The monoisotopic (exact) mass is 516 g/mol. The van der Waals surface area contributed by atoms with Crippen LogP contribution in [0, 0.1) is 17.8 Å². The van der Waals surface area contributed by atoms with E-state index in [9.17, 15) is 0 Å². The Labute approximate surface area is 200 Å². The van der Waals surface area contributed by atoms with Gasteiger partial charge in [-0.3, -0.25) is 0 Å². The third-order valence-corrected chi connectivity index (χ3v) is 14.3. The van der Waals surface area contributed by atoms with E-state index in [1.165, 1.54) is 29.6 Å². The van der Waals surface area contributed by atoms with E-state index >= 15 is 0 Å². The van der Waals surface area contributed by atoms with Crippen LogP contribution in [0.4, 0.5) is 0 Å². The van der Waals surface area contributed by atoms with Crippen molar-refractivity contribution < 1.29 is 4.43 Å². The Morgan fingerprint density at radius 3 is 1.45 bits per heavy atom. The lowest BCUT2D eigenvalue weighted by molar-refractivity contribution is 0.324. The van der Waals surface area contributed by atoms with E-state index in [4.69, 9.17) is 27.2 Å². The molecular formula is C22H53ClOS2Si3. The van der Waals surface area contributed by atoms with Crippen molar-refractivity contribution in [3.05, 3.63) is 0 Å². The SMILES string of the molecule is CC(CCl)C[Si](C)(C)C.CCO[Si](C)(C)CC(C)CS(=S)CC(C)C[Si](C)(C)C. The topological polar surface area (TPSA) is 9.23 Å². The van der Waals surface area contributed by atoms with Crippen LogP contribution in [0.5, 0.6) is 0 Å². The van der Waals surface area contributed by atoms with E-state index in [1.54, 1.807) is 0 Å². The molecule has 0 fully saturated rings. The maximum atomic E-state index is 5.94. The lowest BCUT2D eigenvalue weighted by Gasteiger charge is -2.27. The highest BCUT2D eigenvalue weighted by atomic mass is 35.5. The van der Waals surface area contributed by atoms with Gasteiger partial charge >= 0.3 is 0 Å². The summed E-state index contributed by atoms with van der Waals surface area (Å²) in [5, 5.41) is 0. The first-order valence-electron chi connectivity index (χ1n) is 11.5. The molecule has 0 aromatic heterocycles. The van der Waals surface area contributed by atoms with Gasteiger partial charge in [-0.1, -0.05) is 83.3 Å².